The van der Waals surface area contributed by atoms with E-state index >= 15 is 0 Å². The molecular formula is C24H22Cl2FNO. The predicted octanol–water partition coefficient (Wildman–Crippen LogP) is 6.34. The van der Waals surface area contributed by atoms with E-state index < -0.39 is 0 Å². The maximum absolute atomic E-state index is 14.2. The van der Waals surface area contributed by atoms with Gasteiger partial charge in [-0.2, -0.15) is 0 Å². The third kappa shape index (κ3) is 6.31. The molecular weight excluding hydrogens is 408 g/mol. The van der Waals surface area contributed by atoms with Crippen LogP contribution in [0.3, 0.4) is 0 Å². The lowest BCUT2D eigenvalue weighted by Gasteiger charge is -2.24. The number of benzene rings is 3. The molecule has 0 aliphatic heterocycles. The summed E-state index contributed by atoms with van der Waals surface area (Å²) in [6.07, 6.45) is 1.59. The van der Waals surface area contributed by atoms with Crippen LogP contribution in [-0.2, 0) is 24.2 Å². The van der Waals surface area contributed by atoms with Gasteiger partial charge >= 0.3 is 0 Å². The second-order valence-corrected chi connectivity index (χ2v) is 7.72. The van der Waals surface area contributed by atoms with Crippen LogP contribution in [-0.4, -0.2) is 17.4 Å². The number of hydrogen-bond donors (Lipinski definition) is 0. The molecule has 1 amide bonds. The van der Waals surface area contributed by atoms with Gasteiger partial charge in [0.05, 0.1) is 0 Å². The fourth-order valence-electron chi connectivity index (χ4n) is 3.16. The van der Waals surface area contributed by atoms with Crippen LogP contribution in [0.15, 0.2) is 72.8 Å². The molecule has 2 nitrogen and oxygen atoms in total. The van der Waals surface area contributed by atoms with Gasteiger partial charge in [-0.05, 0) is 42.2 Å². The first-order valence-electron chi connectivity index (χ1n) is 9.52. The van der Waals surface area contributed by atoms with Crippen LogP contribution in [0, 0.1) is 5.82 Å². The second kappa shape index (κ2) is 10.4. The average Bonchev–Trinajstić information content (AvgIpc) is 2.72. The molecule has 0 spiro atoms. The highest BCUT2D eigenvalue weighted by molar-refractivity contribution is 6.35. The number of halogens is 3. The number of amides is 1. The van der Waals surface area contributed by atoms with E-state index in [1.165, 1.54) is 6.07 Å². The van der Waals surface area contributed by atoms with Crippen molar-refractivity contribution in [3.63, 3.8) is 0 Å². The molecule has 0 atom stereocenters. The highest BCUT2D eigenvalue weighted by atomic mass is 35.5. The fraction of sp³-hybridized carbons (Fsp3) is 0.208. The molecule has 3 rings (SSSR count). The lowest BCUT2D eigenvalue weighted by molar-refractivity contribution is -0.131. The predicted molar refractivity (Wildman–Crippen MR) is 117 cm³/mol. The Morgan fingerprint density at radius 3 is 2.31 bits per heavy atom. The first-order chi connectivity index (χ1) is 14.0. The molecule has 29 heavy (non-hydrogen) atoms. The lowest BCUT2D eigenvalue weighted by Crippen LogP contribution is -2.33. The van der Waals surface area contributed by atoms with Crippen molar-refractivity contribution in [2.45, 2.75) is 25.8 Å². The molecule has 0 fully saturated rings. The fourth-order valence-corrected chi connectivity index (χ4v) is 3.66. The Labute approximate surface area is 180 Å². The van der Waals surface area contributed by atoms with Gasteiger partial charge in [-0.25, -0.2) is 4.39 Å². The maximum Gasteiger partial charge on any atom is 0.223 e. The van der Waals surface area contributed by atoms with Crippen LogP contribution < -0.4 is 0 Å². The molecule has 150 valence electrons. The Morgan fingerprint density at radius 1 is 0.862 bits per heavy atom. The highest BCUT2D eigenvalue weighted by Gasteiger charge is 2.16. The van der Waals surface area contributed by atoms with Crippen molar-refractivity contribution in [3.8, 4) is 0 Å². The number of hydrogen-bond acceptors (Lipinski definition) is 1. The van der Waals surface area contributed by atoms with E-state index in [0.29, 0.717) is 41.4 Å². The standard InChI is InChI=1S/C24H22Cl2FNO/c25-21-12-11-19(22(26)16-21)14-15-28(17-20-8-4-5-9-23(20)27)24(29)13-10-18-6-2-1-3-7-18/h1-9,11-12,16H,10,13-15,17H2. The normalized spacial score (nSPS) is 10.7. The number of rotatable bonds is 8. The molecule has 3 aromatic rings. The van der Waals surface area contributed by atoms with Crippen molar-refractivity contribution in [1.29, 1.82) is 0 Å². The van der Waals surface area contributed by atoms with Crippen LogP contribution in [0.4, 0.5) is 4.39 Å². The Bertz CT molecular complexity index is 962. The van der Waals surface area contributed by atoms with Gasteiger partial charge in [-0.1, -0.05) is 77.8 Å². The second-order valence-electron chi connectivity index (χ2n) is 6.88. The van der Waals surface area contributed by atoms with Gasteiger partial charge in [-0.3, -0.25) is 4.79 Å². The Balaban J connectivity index is 1.71. The smallest absolute Gasteiger partial charge is 0.223 e. The van der Waals surface area contributed by atoms with E-state index in [1.54, 1.807) is 35.2 Å². The maximum atomic E-state index is 14.2. The SMILES string of the molecule is O=C(CCc1ccccc1)N(CCc1ccc(Cl)cc1Cl)Cc1ccccc1F. The van der Waals surface area contributed by atoms with Crippen molar-refractivity contribution in [3.05, 3.63) is 105 Å². The summed E-state index contributed by atoms with van der Waals surface area (Å²) >= 11 is 12.2. The summed E-state index contributed by atoms with van der Waals surface area (Å²) in [5.41, 5.74) is 2.51. The van der Waals surface area contributed by atoms with Gasteiger partial charge in [0.2, 0.25) is 5.91 Å². The van der Waals surface area contributed by atoms with E-state index in [-0.39, 0.29) is 18.3 Å². The minimum atomic E-state index is -0.308. The highest BCUT2D eigenvalue weighted by Crippen LogP contribution is 2.22. The van der Waals surface area contributed by atoms with E-state index in [4.69, 9.17) is 23.2 Å². The third-order valence-corrected chi connectivity index (χ3v) is 5.40. The molecule has 0 heterocycles. The summed E-state index contributed by atoms with van der Waals surface area (Å²) < 4.78 is 14.2. The first-order valence-corrected chi connectivity index (χ1v) is 10.3. The molecule has 3 aromatic carbocycles. The van der Waals surface area contributed by atoms with Crippen molar-refractivity contribution in [1.82, 2.24) is 4.90 Å². The summed E-state index contributed by atoms with van der Waals surface area (Å²) in [6.45, 7) is 0.675. The minimum Gasteiger partial charge on any atom is -0.338 e. The summed E-state index contributed by atoms with van der Waals surface area (Å²) in [5, 5.41) is 1.14. The van der Waals surface area contributed by atoms with E-state index in [9.17, 15) is 9.18 Å². The topological polar surface area (TPSA) is 20.3 Å². The Morgan fingerprint density at radius 2 is 1.59 bits per heavy atom. The molecule has 0 radical (unpaired) electrons. The van der Waals surface area contributed by atoms with Gasteiger partial charge in [0.25, 0.3) is 0 Å². The molecule has 5 heteroatoms. The summed E-state index contributed by atoms with van der Waals surface area (Å²) in [5.74, 6) is -0.319. The summed E-state index contributed by atoms with van der Waals surface area (Å²) in [4.78, 5) is 14.6. The zero-order valence-electron chi connectivity index (χ0n) is 16.0. The number of aryl methyl sites for hydroxylation is 1. The molecule has 0 aliphatic carbocycles. The first kappa shape index (κ1) is 21.4. The lowest BCUT2D eigenvalue weighted by atomic mass is 10.1. The third-order valence-electron chi connectivity index (χ3n) is 4.81. The van der Waals surface area contributed by atoms with Crippen LogP contribution in [0.5, 0.6) is 0 Å². The Hall–Kier alpha value is -2.36. The monoisotopic (exact) mass is 429 g/mol. The van der Waals surface area contributed by atoms with Gasteiger partial charge in [0, 0.05) is 35.1 Å². The summed E-state index contributed by atoms with van der Waals surface area (Å²) in [6, 6.07) is 21.8. The Kier molecular flexibility index (Phi) is 7.68. The van der Waals surface area contributed by atoms with Crippen molar-refractivity contribution >= 4 is 29.1 Å². The molecule has 0 saturated carbocycles. The van der Waals surface area contributed by atoms with Crippen molar-refractivity contribution in [2.24, 2.45) is 0 Å². The minimum absolute atomic E-state index is 0.0119. The van der Waals surface area contributed by atoms with Crippen LogP contribution in [0.25, 0.3) is 0 Å². The quantitative estimate of drug-likeness (QED) is 0.409. The van der Waals surface area contributed by atoms with Crippen LogP contribution >= 0.6 is 23.2 Å². The zero-order chi connectivity index (χ0) is 20.6. The molecule has 0 bridgehead atoms. The van der Waals surface area contributed by atoms with Crippen molar-refractivity contribution < 1.29 is 9.18 Å². The van der Waals surface area contributed by atoms with Gasteiger partial charge in [0.1, 0.15) is 5.82 Å². The van der Waals surface area contributed by atoms with Gasteiger partial charge in [0.15, 0.2) is 0 Å². The van der Waals surface area contributed by atoms with Crippen LogP contribution in [0.1, 0.15) is 23.1 Å². The molecule has 0 saturated heterocycles. The van der Waals surface area contributed by atoms with Crippen LogP contribution in [0.2, 0.25) is 10.0 Å². The summed E-state index contributed by atoms with van der Waals surface area (Å²) in [7, 11) is 0. The number of carbonyl (C=O) groups excluding carboxylic acids is 1. The van der Waals surface area contributed by atoms with Gasteiger partial charge < -0.3 is 4.90 Å². The van der Waals surface area contributed by atoms with E-state index in [1.807, 2.05) is 36.4 Å². The van der Waals surface area contributed by atoms with E-state index in [0.717, 1.165) is 11.1 Å². The molecule has 0 unspecified atom stereocenters. The molecule has 0 aromatic heterocycles. The van der Waals surface area contributed by atoms with E-state index in [2.05, 4.69) is 0 Å². The average molecular weight is 430 g/mol. The molecule has 0 aliphatic rings. The number of nitrogens with zero attached hydrogens (tertiary/aromatic N) is 1. The largest absolute Gasteiger partial charge is 0.338 e. The van der Waals surface area contributed by atoms with Crippen molar-refractivity contribution in [2.75, 3.05) is 6.54 Å². The van der Waals surface area contributed by atoms with Gasteiger partial charge in [-0.15, -0.1) is 0 Å². The molecule has 0 N–H and O–H groups in total. The number of carbonyl (C=O) groups is 1. The zero-order valence-corrected chi connectivity index (χ0v) is 17.5.